The second kappa shape index (κ2) is 6.42. The molecule has 0 saturated carbocycles. The van der Waals surface area contributed by atoms with Gasteiger partial charge in [0.05, 0.1) is 5.56 Å². The van der Waals surface area contributed by atoms with Crippen LogP contribution in [-0.2, 0) is 14.3 Å². The minimum Gasteiger partial charge on any atom is -0.459 e. The molecule has 0 N–H and O–H groups in total. The van der Waals surface area contributed by atoms with E-state index in [0.29, 0.717) is 11.1 Å². The molecule has 0 radical (unpaired) electrons. The fourth-order valence-corrected chi connectivity index (χ4v) is 0.963. The molecule has 5 heteroatoms. The minimum absolute atomic E-state index is 0.0141. The maximum absolute atomic E-state index is 11.4. The summed E-state index contributed by atoms with van der Waals surface area (Å²) in [6, 6.07) is 3.09. The van der Waals surface area contributed by atoms with Crippen LogP contribution in [0, 0.1) is 0 Å². The van der Waals surface area contributed by atoms with Crippen molar-refractivity contribution in [2.24, 2.45) is 0 Å². The third-order valence-electron chi connectivity index (χ3n) is 1.81. The number of esters is 2. The lowest BCUT2D eigenvalue weighted by atomic mass is 10.3. The molecule has 1 rings (SSSR count). The standard InChI is InChI=1S/C12H13NO4/c1-9(2)11(14)16-7-8-17-12(15)10-3-5-13-6-4-10/h3-6H,1,7-8H2,2H3. The van der Waals surface area contributed by atoms with Crippen LogP contribution in [0.1, 0.15) is 17.3 Å². The van der Waals surface area contributed by atoms with Gasteiger partial charge in [0, 0.05) is 18.0 Å². The molecule has 0 aliphatic heterocycles. The zero-order valence-electron chi connectivity index (χ0n) is 9.51. The SMILES string of the molecule is C=C(C)C(=O)OCCOC(=O)c1ccncc1. The van der Waals surface area contributed by atoms with E-state index in [1.54, 1.807) is 19.1 Å². The molecule has 5 nitrogen and oxygen atoms in total. The summed E-state index contributed by atoms with van der Waals surface area (Å²) in [5.41, 5.74) is 0.719. The maximum Gasteiger partial charge on any atom is 0.338 e. The van der Waals surface area contributed by atoms with Crippen molar-refractivity contribution >= 4 is 11.9 Å². The fourth-order valence-electron chi connectivity index (χ4n) is 0.963. The van der Waals surface area contributed by atoms with Crippen LogP contribution in [0.4, 0.5) is 0 Å². The Bertz CT molecular complexity index is 414. The number of ether oxygens (including phenoxy) is 2. The Balaban J connectivity index is 2.26. The summed E-state index contributed by atoms with van der Waals surface area (Å²) in [7, 11) is 0. The largest absolute Gasteiger partial charge is 0.459 e. The van der Waals surface area contributed by atoms with Gasteiger partial charge in [0.25, 0.3) is 0 Å². The average Bonchev–Trinajstić information content (AvgIpc) is 2.35. The first-order valence-corrected chi connectivity index (χ1v) is 5.01. The van der Waals surface area contributed by atoms with E-state index in [2.05, 4.69) is 11.6 Å². The van der Waals surface area contributed by atoms with E-state index in [1.165, 1.54) is 12.4 Å². The zero-order chi connectivity index (χ0) is 12.7. The van der Waals surface area contributed by atoms with Crippen molar-refractivity contribution in [2.75, 3.05) is 13.2 Å². The Labute approximate surface area is 99.1 Å². The van der Waals surface area contributed by atoms with Crippen LogP contribution in [0.5, 0.6) is 0 Å². The van der Waals surface area contributed by atoms with Gasteiger partial charge in [-0.25, -0.2) is 9.59 Å². The monoisotopic (exact) mass is 235 g/mol. The maximum atomic E-state index is 11.4. The van der Waals surface area contributed by atoms with E-state index < -0.39 is 11.9 Å². The van der Waals surface area contributed by atoms with E-state index in [9.17, 15) is 9.59 Å². The van der Waals surface area contributed by atoms with Crippen LogP contribution in [0.2, 0.25) is 0 Å². The normalized spacial score (nSPS) is 9.47. The molecular formula is C12H13NO4. The van der Waals surface area contributed by atoms with Crippen LogP contribution in [0.15, 0.2) is 36.7 Å². The van der Waals surface area contributed by atoms with Gasteiger partial charge in [-0.1, -0.05) is 6.58 Å². The van der Waals surface area contributed by atoms with Gasteiger partial charge in [-0.2, -0.15) is 0 Å². The van der Waals surface area contributed by atoms with Crippen LogP contribution in [-0.4, -0.2) is 30.1 Å². The van der Waals surface area contributed by atoms with Crippen molar-refractivity contribution < 1.29 is 19.1 Å². The van der Waals surface area contributed by atoms with E-state index >= 15 is 0 Å². The quantitative estimate of drug-likeness (QED) is 0.438. The molecule has 17 heavy (non-hydrogen) atoms. The molecule has 1 heterocycles. The summed E-state index contributed by atoms with van der Waals surface area (Å²) < 4.78 is 9.65. The molecule has 0 bridgehead atoms. The highest BCUT2D eigenvalue weighted by molar-refractivity contribution is 5.89. The Morgan fingerprint density at radius 1 is 1.24 bits per heavy atom. The van der Waals surface area contributed by atoms with Gasteiger partial charge in [0.1, 0.15) is 13.2 Å². The highest BCUT2D eigenvalue weighted by atomic mass is 16.6. The summed E-state index contributed by atoms with van der Waals surface area (Å²) in [5, 5.41) is 0. The van der Waals surface area contributed by atoms with E-state index in [-0.39, 0.29) is 13.2 Å². The molecule has 0 amide bonds. The molecule has 0 fully saturated rings. The topological polar surface area (TPSA) is 65.5 Å². The third-order valence-corrected chi connectivity index (χ3v) is 1.81. The van der Waals surface area contributed by atoms with Gasteiger partial charge in [-0.05, 0) is 19.1 Å². The van der Waals surface area contributed by atoms with Gasteiger partial charge in [0.15, 0.2) is 0 Å². The van der Waals surface area contributed by atoms with E-state index in [1.807, 2.05) is 0 Å². The molecule has 0 spiro atoms. The Morgan fingerprint density at radius 2 is 1.82 bits per heavy atom. The van der Waals surface area contributed by atoms with Crippen LogP contribution < -0.4 is 0 Å². The molecule has 1 aromatic rings. The number of rotatable bonds is 5. The number of hydrogen-bond donors (Lipinski definition) is 0. The second-order valence-corrected chi connectivity index (χ2v) is 3.29. The summed E-state index contributed by atoms with van der Waals surface area (Å²) in [6.45, 7) is 5.00. The molecule has 0 aliphatic rings. The lowest BCUT2D eigenvalue weighted by Gasteiger charge is -2.05. The van der Waals surface area contributed by atoms with Crippen LogP contribution in [0.3, 0.4) is 0 Å². The van der Waals surface area contributed by atoms with Crippen molar-refractivity contribution in [3.63, 3.8) is 0 Å². The number of hydrogen-bond acceptors (Lipinski definition) is 5. The summed E-state index contributed by atoms with van der Waals surface area (Å²) >= 11 is 0. The molecule has 90 valence electrons. The van der Waals surface area contributed by atoms with E-state index in [0.717, 1.165) is 0 Å². The molecule has 0 saturated heterocycles. The number of nitrogens with zero attached hydrogens (tertiary/aromatic N) is 1. The van der Waals surface area contributed by atoms with Gasteiger partial charge in [-0.15, -0.1) is 0 Å². The molecule has 0 atom stereocenters. The minimum atomic E-state index is -0.495. The predicted molar refractivity (Wildman–Crippen MR) is 60.3 cm³/mol. The fraction of sp³-hybridized carbons (Fsp3) is 0.250. The number of carbonyl (C=O) groups excluding carboxylic acids is 2. The van der Waals surface area contributed by atoms with Gasteiger partial charge < -0.3 is 9.47 Å². The molecule has 0 aliphatic carbocycles. The van der Waals surface area contributed by atoms with Crippen molar-refractivity contribution in [1.82, 2.24) is 4.98 Å². The Kier molecular flexibility index (Phi) is 4.87. The first kappa shape index (κ1) is 12.9. The summed E-state index contributed by atoms with van der Waals surface area (Å²) in [4.78, 5) is 26.2. The number of pyridine rings is 1. The summed E-state index contributed by atoms with van der Waals surface area (Å²) in [6.07, 6.45) is 3.00. The molecule has 0 aromatic carbocycles. The van der Waals surface area contributed by atoms with Gasteiger partial charge in [0.2, 0.25) is 0 Å². The lowest BCUT2D eigenvalue weighted by molar-refractivity contribution is -0.140. The van der Waals surface area contributed by atoms with Gasteiger partial charge in [-0.3, -0.25) is 4.98 Å². The average molecular weight is 235 g/mol. The smallest absolute Gasteiger partial charge is 0.338 e. The summed E-state index contributed by atoms with van der Waals surface area (Å²) in [5.74, 6) is -0.969. The van der Waals surface area contributed by atoms with Crippen molar-refractivity contribution in [1.29, 1.82) is 0 Å². The van der Waals surface area contributed by atoms with E-state index in [4.69, 9.17) is 9.47 Å². The molecular weight excluding hydrogens is 222 g/mol. The number of aromatic nitrogens is 1. The molecule has 1 aromatic heterocycles. The number of carbonyl (C=O) groups is 2. The third kappa shape index (κ3) is 4.46. The van der Waals surface area contributed by atoms with Crippen LogP contribution in [0.25, 0.3) is 0 Å². The first-order chi connectivity index (χ1) is 8.11. The zero-order valence-corrected chi connectivity index (χ0v) is 9.51. The highest BCUT2D eigenvalue weighted by Gasteiger charge is 2.07. The van der Waals surface area contributed by atoms with Gasteiger partial charge >= 0.3 is 11.9 Å². The molecule has 0 unspecified atom stereocenters. The second-order valence-electron chi connectivity index (χ2n) is 3.29. The lowest BCUT2D eigenvalue weighted by Crippen LogP contribution is -2.14. The van der Waals surface area contributed by atoms with Crippen molar-refractivity contribution in [2.45, 2.75) is 6.92 Å². The predicted octanol–water partition coefficient (Wildman–Crippen LogP) is 1.36. The highest BCUT2D eigenvalue weighted by Crippen LogP contribution is 1.99. The van der Waals surface area contributed by atoms with Crippen molar-refractivity contribution in [3.8, 4) is 0 Å². The Hall–Kier alpha value is -2.17. The van der Waals surface area contributed by atoms with Crippen molar-refractivity contribution in [3.05, 3.63) is 42.2 Å². The Morgan fingerprint density at radius 3 is 2.41 bits per heavy atom. The van der Waals surface area contributed by atoms with Crippen LogP contribution >= 0.6 is 0 Å². The first-order valence-electron chi connectivity index (χ1n) is 5.01.